The van der Waals surface area contributed by atoms with Gasteiger partial charge in [0.05, 0.1) is 19.2 Å². The number of H-pyrrole nitrogens is 1. The molecule has 13 heteroatoms. The zero-order chi connectivity index (χ0) is 27.4. The van der Waals surface area contributed by atoms with Crippen molar-refractivity contribution in [3.05, 3.63) is 93.7 Å². The lowest BCUT2D eigenvalue weighted by atomic mass is 9.98. The highest BCUT2D eigenvalue weighted by Gasteiger charge is 2.23. The van der Waals surface area contributed by atoms with Crippen molar-refractivity contribution in [2.45, 2.75) is 24.8 Å². The Morgan fingerprint density at radius 3 is 2.44 bits per heavy atom. The van der Waals surface area contributed by atoms with Crippen LogP contribution >= 0.6 is 11.3 Å². The van der Waals surface area contributed by atoms with Gasteiger partial charge in [0.25, 0.3) is 10.0 Å². The van der Waals surface area contributed by atoms with Crippen LogP contribution in [0.5, 0.6) is 0 Å². The van der Waals surface area contributed by atoms with Crippen molar-refractivity contribution in [1.29, 1.82) is 0 Å². The number of sulfonamides is 1. The molecule has 2 heterocycles. The molecule has 0 aliphatic carbocycles. The van der Waals surface area contributed by atoms with E-state index in [-0.39, 0.29) is 15.3 Å². The maximum Gasteiger partial charge on any atom is 0.339 e. The summed E-state index contributed by atoms with van der Waals surface area (Å²) < 4.78 is 36.9. The van der Waals surface area contributed by atoms with Crippen LogP contribution in [-0.2, 0) is 27.7 Å². The van der Waals surface area contributed by atoms with Gasteiger partial charge in [-0.25, -0.2) is 9.48 Å². The Kier molecular flexibility index (Phi) is 7.43. The molecule has 5 rings (SSSR count). The molecule has 0 fully saturated rings. The Morgan fingerprint density at radius 2 is 1.74 bits per heavy atom. The molecule has 11 nitrogen and oxygen atoms in total. The average Bonchev–Trinajstić information content (AvgIpc) is 3.63. The predicted octanol–water partition coefficient (Wildman–Crippen LogP) is 3.48. The maximum atomic E-state index is 13.3. The molecule has 0 aliphatic rings. The number of nitrogens with one attached hydrogen (secondary N) is 1. The molecular formula is C26H23N7O4S2. The summed E-state index contributed by atoms with van der Waals surface area (Å²) >= 11 is 1.19. The number of benzene rings is 3. The molecule has 5 aromatic rings. The maximum absolute atomic E-state index is 13.3. The molecule has 0 saturated heterocycles. The van der Waals surface area contributed by atoms with Gasteiger partial charge in [0, 0.05) is 5.56 Å². The molecule has 0 aliphatic heterocycles. The first-order valence-electron chi connectivity index (χ1n) is 11.9. The van der Waals surface area contributed by atoms with Gasteiger partial charge < -0.3 is 4.74 Å². The van der Waals surface area contributed by atoms with Crippen LogP contribution in [0.3, 0.4) is 0 Å². The monoisotopic (exact) mass is 561 g/mol. The number of methoxy groups -OCH3 is 1. The summed E-state index contributed by atoms with van der Waals surface area (Å²) in [6, 6.07) is 21.4. The highest BCUT2D eigenvalue weighted by molar-refractivity contribution is 7.90. The van der Waals surface area contributed by atoms with E-state index < -0.39 is 16.0 Å². The zero-order valence-corrected chi connectivity index (χ0v) is 22.6. The fourth-order valence-corrected chi connectivity index (χ4v) is 6.18. The molecule has 0 amide bonds. The van der Waals surface area contributed by atoms with Crippen LogP contribution < -0.4 is 4.80 Å². The van der Waals surface area contributed by atoms with Gasteiger partial charge in [0.1, 0.15) is 9.90 Å². The second-order valence-corrected chi connectivity index (χ2v) is 10.9. The molecule has 0 spiro atoms. The van der Waals surface area contributed by atoms with Crippen molar-refractivity contribution >= 4 is 27.3 Å². The van der Waals surface area contributed by atoms with Gasteiger partial charge in [-0.3, -0.25) is 0 Å². The number of nitrogens with zero attached hydrogens (tertiary/aromatic N) is 6. The number of esters is 1. The first-order valence-corrected chi connectivity index (χ1v) is 14.1. The minimum absolute atomic E-state index is 0.0766. The molecule has 3 aromatic carbocycles. The summed E-state index contributed by atoms with van der Waals surface area (Å²) in [6.07, 6.45) is 0.616. The number of carbonyl (C=O) groups is 1. The summed E-state index contributed by atoms with van der Waals surface area (Å²) in [7, 11) is -3.03. The summed E-state index contributed by atoms with van der Waals surface area (Å²) in [4.78, 5) is 12.1. The second kappa shape index (κ2) is 11.1. The van der Waals surface area contributed by atoms with Gasteiger partial charge in [-0.15, -0.1) is 14.6 Å². The molecule has 39 heavy (non-hydrogen) atoms. The van der Waals surface area contributed by atoms with Gasteiger partial charge in [-0.2, -0.15) is 18.7 Å². The van der Waals surface area contributed by atoms with E-state index in [2.05, 4.69) is 30.1 Å². The lowest BCUT2D eigenvalue weighted by Gasteiger charge is -2.08. The third-order valence-corrected chi connectivity index (χ3v) is 8.37. The van der Waals surface area contributed by atoms with Crippen LogP contribution in [0.4, 0.5) is 0 Å². The molecule has 0 atom stereocenters. The van der Waals surface area contributed by atoms with E-state index in [1.54, 1.807) is 10.7 Å². The van der Waals surface area contributed by atoms with Crippen LogP contribution in [0, 0.1) is 0 Å². The van der Waals surface area contributed by atoms with Crippen molar-refractivity contribution in [3.63, 3.8) is 0 Å². The van der Waals surface area contributed by atoms with E-state index in [9.17, 15) is 13.2 Å². The first-order chi connectivity index (χ1) is 18.9. The van der Waals surface area contributed by atoms with Crippen molar-refractivity contribution in [1.82, 2.24) is 30.4 Å². The fraction of sp³-hybridized carbons (Fsp3) is 0.154. The number of ether oxygens (including phenoxy) is 1. The van der Waals surface area contributed by atoms with Crippen LogP contribution in [-0.4, -0.2) is 51.9 Å². The van der Waals surface area contributed by atoms with E-state index in [4.69, 9.17) is 4.74 Å². The third kappa shape index (κ3) is 5.54. The fourth-order valence-electron chi connectivity index (χ4n) is 3.96. The Labute approximate surface area is 227 Å². The number of rotatable bonds is 8. The smallest absolute Gasteiger partial charge is 0.339 e. The van der Waals surface area contributed by atoms with E-state index in [1.807, 2.05) is 55.5 Å². The largest absolute Gasteiger partial charge is 0.465 e. The van der Waals surface area contributed by atoms with Crippen molar-refractivity contribution in [3.8, 4) is 22.5 Å². The number of aryl methyl sites for hydroxylation is 1. The minimum atomic E-state index is -4.22. The third-order valence-electron chi connectivity index (χ3n) is 5.84. The SMILES string of the molecule is CCc1nn(Cc2ccc(-c3ccccc3-c3nn[nH]n3)cc2)c(=NS(=O)(=O)c2ccccc2C(=O)OC)s1. The van der Waals surface area contributed by atoms with Crippen molar-refractivity contribution in [2.75, 3.05) is 7.11 Å². The predicted molar refractivity (Wildman–Crippen MR) is 144 cm³/mol. The van der Waals surface area contributed by atoms with Gasteiger partial charge >= 0.3 is 5.97 Å². The number of aromatic amines is 1. The highest BCUT2D eigenvalue weighted by atomic mass is 32.2. The van der Waals surface area contributed by atoms with Gasteiger partial charge in [-0.1, -0.05) is 78.9 Å². The lowest BCUT2D eigenvalue weighted by molar-refractivity contribution is 0.0596. The van der Waals surface area contributed by atoms with Crippen molar-refractivity contribution < 1.29 is 17.9 Å². The summed E-state index contributed by atoms with van der Waals surface area (Å²) in [6.45, 7) is 2.24. The van der Waals surface area contributed by atoms with E-state index >= 15 is 0 Å². The van der Waals surface area contributed by atoms with Crippen LogP contribution in [0.25, 0.3) is 22.5 Å². The average molecular weight is 562 g/mol. The minimum Gasteiger partial charge on any atom is -0.465 e. The number of hydrogen-bond donors (Lipinski definition) is 1. The van der Waals surface area contributed by atoms with Gasteiger partial charge in [-0.05, 0) is 40.5 Å². The Balaban J connectivity index is 1.48. The second-order valence-electron chi connectivity index (χ2n) is 8.32. The molecule has 0 bridgehead atoms. The van der Waals surface area contributed by atoms with Crippen LogP contribution in [0.2, 0.25) is 0 Å². The molecule has 198 valence electrons. The van der Waals surface area contributed by atoms with E-state index in [0.29, 0.717) is 18.8 Å². The molecule has 0 radical (unpaired) electrons. The quantitative estimate of drug-likeness (QED) is 0.284. The molecule has 1 N–H and O–H groups in total. The number of carbonyl (C=O) groups excluding carboxylic acids is 1. The molecular weight excluding hydrogens is 538 g/mol. The lowest BCUT2D eigenvalue weighted by Crippen LogP contribution is -2.20. The Hall–Kier alpha value is -4.49. The topological polar surface area (TPSA) is 145 Å². The number of tetrazole rings is 1. The molecule has 2 aromatic heterocycles. The van der Waals surface area contributed by atoms with E-state index in [0.717, 1.165) is 27.3 Å². The van der Waals surface area contributed by atoms with Crippen LogP contribution in [0.1, 0.15) is 27.9 Å². The Bertz CT molecular complexity index is 1790. The first kappa shape index (κ1) is 26.1. The number of hydrogen-bond acceptors (Lipinski definition) is 9. The highest BCUT2D eigenvalue weighted by Crippen LogP contribution is 2.29. The van der Waals surface area contributed by atoms with Crippen LogP contribution in [0.15, 0.2) is 82.1 Å². The summed E-state index contributed by atoms with van der Waals surface area (Å²) in [5.41, 5.74) is 3.58. The Morgan fingerprint density at radius 1 is 1.03 bits per heavy atom. The normalized spacial score (nSPS) is 12.0. The van der Waals surface area contributed by atoms with Crippen molar-refractivity contribution in [2.24, 2.45) is 4.40 Å². The molecule has 0 unspecified atom stereocenters. The number of aromatic nitrogens is 6. The summed E-state index contributed by atoms with van der Waals surface area (Å²) in [5, 5.41) is 19.6. The van der Waals surface area contributed by atoms with E-state index in [1.165, 1.54) is 36.6 Å². The standard InChI is InChI=1S/C26H23N7O4S2/c1-3-23-29-33(26(38-23)30-39(35,36)22-11-7-6-10-21(22)25(34)37-2)16-17-12-14-18(15-13-17)19-8-4-5-9-20(19)24-27-31-32-28-24/h4-15H,3,16H2,1-2H3,(H,27,28,31,32). The van der Waals surface area contributed by atoms with Gasteiger partial charge in [0.2, 0.25) is 10.6 Å². The van der Waals surface area contributed by atoms with Gasteiger partial charge in [0.15, 0.2) is 0 Å². The summed E-state index contributed by atoms with van der Waals surface area (Å²) in [5.74, 6) is -0.252. The molecule has 0 saturated carbocycles. The zero-order valence-electron chi connectivity index (χ0n) is 21.0.